The Bertz CT molecular complexity index is 248. The quantitative estimate of drug-likeness (QED) is 0.242. The Hall–Kier alpha value is -0.290. The van der Waals surface area contributed by atoms with Crippen LogP contribution in [0.25, 0.3) is 0 Å². The maximum Gasteiger partial charge on any atom is 0.399 e. The predicted octanol–water partition coefficient (Wildman–Crippen LogP) is -2.91. The monoisotopic (exact) mass is 232 g/mol. The van der Waals surface area contributed by atoms with Crippen molar-refractivity contribution < 1.29 is 37.6 Å². The third kappa shape index (κ3) is 4.81. The van der Waals surface area contributed by atoms with E-state index in [-0.39, 0.29) is 0 Å². The summed E-state index contributed by atoms with van der Waals surface area (Å²) in [5.74, 6) is -1.43. The minimum Gasteiger partial charge on any atom is -0.396 e. The van der Waals surface area contributed by atoms with Gasteiger partial charge in [0.2, 0.25) is 0 Å². The van der Waals surface area contributed by atoms with Crippen LogP contribution in [0.4, 0.5) is 0 Å². The Kier molecular flexibility index (Phi) is 5.44. The van der Waals surface area contributed by atoms with Crippen molar-refractivity contribution in [2.75, 3.05) is 13.2 Å². The number of aliphatic hydroxyl groups excluding tert-OH is 4. The van der Waals surface area contributed by atoms with Crippen LogP contribution in [0.3, 0.4) is 0 Å². The van der Waals surface area contributed by atoms with Crippen LogP contribution in [0.2, 0.25) is 0 Å². The summed E-state index contributed by atoms with van der Waals surface area (Å²) < 4.78 is 32.1. The first kappa shape index (κ1) is 13.7. The lowest BCUT2D eigenvalue weighted by Crippen LogP contribution is -2.39. The van der Waals surface area contributed by atoms with E-state index in [1.807, 2.05) is 0 Å². The van der Waals surface area contributed by atoms with Gasteiger partial charge in [-0.05, 0) is 0 Å². The molecular formula is C5H12O8S. The van der Waals surface area contributed by atoms with Crippen molar-refractivity contribution in [3.05, 3.63) is 0 Å². The van der Waals surface area contributed by atoms with E-state index in [4.69, 9.17) is 25.0 Å². The lowest BCUT2D eigenvalue weighted by Gasteiger charge is -2.22. The van der Waals surface area contributed by atoms with Crippen molar-refractivity contribution in [2.24, 2.45) is 5.92 Å². The summed E-state index contributed by atoms with van der Waals surface area (Å²) in [7, 11) is -4.87. The highest BCUT2D eigenvalue weighted by Gasteiger charge is 2.29. The largest absolute Gasteiger partial charge is 0.399 e. The molecule has 0 fully saturated rings. The Morgan fingerprint density at radius 2 is 1.64 bits per heavy atom. The Labute approximate surface area is 80.3 Å². The zero-order chi connectivity index (χ0) is 11.4. The molecule has 8 nitrogen and oxygen atoms in total. The van der Waals surface area contributed by atoms with Crippen LogP contribution in [-0.4, -0.2) is 59.0 Å². The van der Waals surface area contributed by atoms with Gasteiger partial charge < -0.3 is 20.4 Å². The zero-order valence-electron chi connectivity index (χ0n) is 7.02. The van der Waals surface area contributed by atoms with Gasteiger partial charge in [-0.15, -0.1) is 0 Å². The number of aliphatic hydroxyl groups is 4. The Morgan fingerprint density at radius 3 is 1.93 bits per heavy atom. The summed E-state index contributed by atoms with van der Waals surface area (Å²) in [6.07, 6.45) is -3.69. The minimum atomic E-state index is -4.87. The van der Waals surface area contributed by atoms with E-state index in [1.54, 1.807) is 0 Å². The van der Waals surface area contributed by atoms with Crippen molar-refractivity contribution in [3.8, 4) is 0 Å². The molecule has 0 aliphatic rings. The molecule has 0 aliphatic carbocycles. The molecule has 0 spiro atoms. The first-order chi connectivity index (χ1) is 6.31. The molecule has 0 bridgehead atoms. The maximum absolute atomic E-state index is 10.1. The second-order valence-electron chi connectivity index (χ2n) is 2.51. The summed E-state index contributed by atoms with van der Waals surface area (Å²) in [5.41, 5.74) is 0. The van der Waals surface area contributed by atoms with E-state index in [1.165, 1.54) is 0 Å². The SMILES string of the molecule is O=S(=O)(O)OC(O)C(CO)C(O)CO. The molecule has 3 atom stereocenters. The first-order valence-corrected chi connectivity index (χ1v) is 4.92. The third-order valence-corrected chi connectivity index (χ3v) is 1.92. The van der Waals surface area contributed by atoms with Crippen LogP contribution < -0.4 is 0 Å². The predicted molar refractivity (Wildman–Crippen MR) is 42.3 cm³/mol. The van der Waals surface area contributed by atoms with E-state index in [0.29, 0.717) is 0 Å². The van der Waals surface area contributed by atoms with Gasteiger partial charge in [0.15, 0.2) is 6.29 Å². The molecule has 0 saturated carbocycles. The van der Waals surface area contributed by atoms with Gasteiger partial charge in [0.05, 0.1) is 25.2 Å². The van der Waals surface area contributed by atoms with Crippen LogP contribution in [0.5, 0.6) is 0 Å². The zero-order valence-corrected chi connectivity index (χ0v) is 7.83. The second kappa shape index (κ2) is 5.56. The molecule has 3 unspecified atom stereocenters. The fourth-order valence-corrected chi connectivity index (χ4v) is 1.13. The molecule has 5 N–H and O–H groups in total. The van der Waals surface area contributed by atoms with Crippen LogP contribution in [0, 0.1) is 5.92 Å². The fraction of sp³-hybridized carbons (Fsp3) is 1.00. The highest BCUT2D eigenvalue weighted by molar-refractivity contribution is 7.80. The minimum absolute atomic E-state index is 0.795. The van der Waals surface area contributed by atoms with Gasteiger partial charge in [-0.3, -0.25) is 4.55 Å². The van der Waals surface area contributed by atoms with Gasteiger partial charge >= 0.3 is 10.4 Å². The molecule has 0 aromatic rings. The van der Waals surface area contributed by atoms with Crippen molar-refractivity contribution in [3.63, 3.8) is 0 Å². The summed E-state index contributed by atoms with van der Waals surface area (Å²) in [5, 5.41) is 35.0. The highest BCUT2D eigenvalue weighted by Crippen LogP contribution is 2.11. The second-order valence-corrected chi connectivity index (χ2v) is 3.56. The van der Waals surface area contributed by atoms with Crippen LogP contribution in [-0.2, 0) is 14.6 Å². The van der Waals surface area contributed by atoms with Gasteiger partial charge in [-0.25, -0.2) is 4.18 Å². The van der Waals surface area contributed by atoms with Gasteiger partial charge in [0.1, 0.15) is 0 Å². The summed E-state index contributed by atoms with van der Waals surface area (Å²) >= 11 is 0. The Morgan fingerprint density at radius 1 is 1.14 bits per heavy atom. The molecule has 0 saturated heterocycles. The lowest BCUT2D eigenvalue weighted by atomic mass is 10.0. The van der Waals surface area contributed by atoms with Crippen molar-refractivity contribution >= 4 is 10.4 Å². The van der Waals surface area contributed by atoms with Crippen LogP contribution in [0.1, 0.15) is 0 Å². The first-order valence-electron chi connectivity index (χ1n) is 3.55. The van der Waals surface area contributed by atoms with E-state index in [0.717, 1.165) is 0 Å². The van der Waals surface area contributed by atoms with Crippen molar-refractivity contribution in [1.29, 1.82) is 0 Å². The third-order valence-electron chi connectivity index (χ3n) is 1.48. The van der Waals surface area contributed by atoms with Gasteiger partial charge in [0, 0.05) is 0 Å². The molecular weight excluding hydrogens is 220 g/mol. The van der Waals surface area contributed by atoms with E-state index in [2.05, 4.69) is 4.18 Å². The smallest absolute Gasteiger partial charge is 0.396 e. The topological polar surface area (TPSA) is 145 Å². The summed E-state index contributed by atoms with van der Waals surface area (Å²) in [6.45, 7) is -1.62. The van der Waals surface area contributed by atoms with E-state index >= 15 is 0 Å². The normalized spacial score (nSPS) is 18.9. The molecule has 0 rings (SSSR count). The molecule has 86 valence electrons. The molecule has 0 aromatic carbocycles. The fourth-order valence-electron chi connectivity index (χ4n) is 0.733. The standard InChI is InChI=1S/C5H12O8S/c6-1-3(4(8)2-7)5(9)13-14(10,11)12/h3-9H,1-2H2,(H,10,11,12). The number of hydrogen-bond acceptors (Lipinski definition) is 7. The van der Waals surface area contributed by atoms with E-state index < -0.39 is 41.9 Å². The molecule has 0 radical (unpaired) electrons. The molecule has 9 heteroatoms. The van der Waals surface area contributed by atoms with Gasteiger partial charge in [-0.1, -0.05) is 0 Å². The molecule has 14 heavy (non-hydrogen) atoms. The summed E-state index contributed by atoms with van der Waals surface area (Å²) in [6, 6.07) is 0. The highest BCUT2D eigenvalue weighted by atomic mass is 32.3. The Balaban J connectivity index is 4.39. The van der Waals surface area contributed by atoms with Crippen LogP contribution >= 0.6 is 0 Å². The van der Waals surface area contributed by atoms with Gasteiger partial charge in [0.25, 0.3) is 0 Å². The maximum atomic E-state index is 10.1. The average Bonchev–Trinajstić information content (AvgIpc) is 2.01. The molecule has 0 heterocycles. The van der Waals surface area contributed by atoms with Crippen molar-refractivity contribution in [2.45, 2.75) is 12.4 Å². The molecule has 0 amide bonds. The lowest BCUT2D eigenvalue weighted by molar-refractivity contribution is -0.123. The van der Waals surface area contributed by atoms with E-state index in [9.17, 15) is 8.42 Å². The number of hydrogen-bond donors (Lipinski definition) is 5. The van der Waals surface area contributed by atoms with Crippen molar-refractivity contribution in [1.82, 2.24) is 0 Å². The average molecular weight is 232 g/mol. The number of rotatable bonds is 6. The van der Waals surface area contributed by atoms with Gasteiger partial charge in [-0.2, -0.15) is 8.42 Å². The molecule has 0 aromatic heterocycles. The molecule has 0 aliphatic heterocycles. The van der Waals surface area contributed by atoms with Crippen LogP contribution in [0.15, 0.2) is 0 Å². The summed E-state index contributed by atoms with van der Waals surface area (Å²) in [4.78, 5) is 0.